The lowest BCUT2D eigenvalue weighted by molar-refractivity contribution is 0.0988. The molecule has 0 aliphatic rings. The molecule has 1 aromatic carbocycles. The van der Waals surface area contributed by atoms with Crippen LogP contribution < -0.4 is 4.90 Å². The van der Waals surface area contributed by atoms with Gasteiger partial charge in [0.1, 0.15) is 5.69 Å². The maximum Gasteiger partial charge on any atom is 0.276 e. The lowest BCUT2D eigenvalue weighted by Crippen LogP contribution is -2.27. The average molecular weight is 280 g/mol. The molecule has 1 amide bonds. The number of rotatable bonds is 2. The predicted octanol–water partition coefficient (Wildman–Crippen LogP) is 2.62. The van der Waals surface area contributed by atoms with Gasteiger partial charge in [-0.15, -0.1) is 0 Å². The van der Waals surface area contributed by atoms with Gasteiger partial charge in [0.2, 0.25) is 0 Å². The van der Waals surface area contributed by atoms with E-state index in [1.807, 2.05) is 50.2 Å². The smallest absolute Gasteiger partial charge is 0.276 e. The second-order valence-corrected chi connectivity index (χ2v) is 5.04. The minimum atomic E-state index is -0.134. The molecule has 2 aromatic heterocycles. The summed E-state index contributed by atoms with van der Waals surface area (Å²) in [5.74, 6) is -0.134. The first-order valence-corrected chi connectivity index (χ1v) is 6.73. The summed E-state index contributed by atoms with van der Waals surface area (Å²) in [6, 6.07) is 13.2. The van der Waals surface area contributed by atoms with Crippen LogP contribution in [0.25, 0.3) is 5.65 Å². The Labute approximate surface area is 122 Å². The Morgan fingerprint density at radius 1 is 1.14 bits per heavy atom. The van der Waals surface area contributed by atoms with Crippen molar-refractivity contribution < 1.29 is 4.79 Å². The third-order valence-electron chi connectivity index (χ3n) is 3.39. The van der Waals surface area contributed by atoms with Crippen LogP contribution in [0.5, 0.6) is 0 Å². The summed E-state index contributed by atoms with van der Waals surface area (Å²) in [7, 11) is 1.75. The normalized spacial score (nSPS) is 10.8. The summed E-state index contributed by atoms with van der Waals surface area (Å²) in [6.07, 6.45) is 0. The Hall–Kier alpha value is -2.69. The van der Waals surface area contributed by atoms with Gasteiger partial charge in [0, 0.05) is 24.5 Å². The number of nitrogens with zero attached hydrogens (tertiary/aromatic N) is 4. The number of fused-ring (bicyclic) bond motifs is 1. The highest BCUT2D eigenvalue weighted by molar-refractivity contribution is 6.04. The van der Waals surface area contributed by atoms with E-state index >= 15 is 0 Å². The van der Waals surface area contributed by atoms with Crippen LogP contribution >= 0.6 is 0 Å². The Morgan fingerprint density at radius 2 is 1.86 bits per heavy atom. The van der Waals surface area contributed by atoms with E-state index in [4.69, 9.17) is 0 Å². The van der Waals surface area contributed by atoms with Gasteiger partial charge in [-0.3, -0.25) is 4.79 Å². The van der Waals surface area contributed by atoms with Gasteiger partial charge in [0.15, 0.2) is 5.65 Å². The highest BCUT2D eigenvalue weighted by Gasteiger charge is 2.17. The molecular weight excluding hydrogens is 264 g/mol. The Bertz CT molecular complexity index is 808. The van der Waals surface area contributed by atoms with Crippen LogP contribution in [0.1, 0.15) is 21.9 Å². The van der Waals surface area contributed by atoms with Crippen LogP contribution in [0.4, 0.5) is 5.69 Å². The Morgan fingerprint density at radius 3 is 2.57 bits per heavy atom. The molecule has 3 rings (SSSR count). The second kappa shape index (κ2) is 5.01. The fraction of sp³-hybridized carbons (Fsp3) is 0.188. The molecule has 0 spiro atoms. The lowest BCUT2D eigenvalue weighted by Gasteiger charge is -2.17. The zero-order valence-corrected chi connectivity index (χ0v) is 12.2. The first-order chi connectivity index (χ1) is 10.1. The zero-order chi connectivity index (χ0) is 15.0. The van der Waals surface area contributed by atoms with Crippen molar-refractivity contribution in [3.63, 3.8) is 0 Å². The molecule has 0 atom stereocenters. The number of aryl methyl sites for hydroxylation is 2. The number of benzene rings is 1. The summed E-state index contributed by atoms with van der Waals surface area (Å²) in [6.45, 7) is 3.83. The number of para-hydroxylation sites is 1. The SMILES string of the molecule is Cc1cc2nc(C(=O)N(C)c3ccccc3)cc(C)n2n1. The Kier molecular flexibility index (Phi) is 3.17. The van der Waals surface area contributed by atoms with E-state index in [1.54, 1.807) is 22.5 Å². The average Bonchev–Trinajstić information content (AvgIpc) is 2.87. The summed E-state index contributed by atoms with van der Waals surface area (Å²) < 4.78 is 1.74. The molecule has 0 aliphatic heterocycles. The molecule has 5 heteroatoms. The minimum absolute atomic E-state index is 0.134. The lowest BCUT2D eigenvalue weighted by atomic mass is 10.2. The van der Waals surface area contributed by atoms with Crippen molar-refractivity contribution in [1.82, 2.24) is 14.6 Å². The molecule has 5 nitrogen and oxygen atoms in total. The molecule has 0 unspecified atom stereocenters. The number of anilines is 1. The van der Waals surface area contributed by atoms with Gasteiger partial charge >= 0.3 is 0 Å². The molecular formula is C16H16N4O. The van der Waals surface area contributed by atoms with Crippen LogP contribution in [0.2, 0.25) is 0 Å². The number of amides is 1. The number of hydrogen-bond donors (Lipinski definition) is 0. The summed E-state index contributed by atoms with van der Waals surface area (Å²) in [5.41, 5.74) is 3.72. The van der Waals surface area contributed by atoms with Gasteiger partial charge in [-0.05, 0) is 32.0 Å². The molecule has 3 aromatic rings. The van der Waals surface area contributed by atoms with Crippen molar-refractivity contribution in [1.29, 1.82) is 0 Å². The largest absolute Gasteiger partial charge is 0.310 e. The van der Waals surface area contributed by atoms with Gasteiger partial charge in [0.25, 0.3) is 5.91 Å². The molecule has 106 valence electrons. The maximum absolute atomic E-state index is 12.6. The fourth-order valence-electron chi connectivity index (χ4n) is 2.29. The molecule has 0 bridgehead atoms. The van der Waals surface area contributed by atoms with Gasteiger partial charge in [-0.25, -0.2) is 9.50 Å². The van der Waals surface area contributed by atoms with E-state index in [-0.39, 0.29) is 5.91 Å². The third-order valence-corrected chi connectivity index (χ3v) is 3.39. The highest BCUT2D eigenvalue weighted by Crippen LogP contribution is 2.16. The molecule has 0 radical (unpaired) electrons. The van der Waals surface area contributed by atoms with Crippen molar-refractivity contribution in [2.45, 2.75) is 13.8 Å². The molecule has 0 aliphatic carbocycles. The second-order valence-electron chi connectivity index (χ2n) is 5.04. The van der Waals surface area contributed by atoms with Crippen molar-refractivity contribution in [2.24, 2.45) is 0 Å². The van der Waals surface area contributed by atoms with Crippen LogP contribution in [-0.2, 0) is 0 Å². The summed E-state index contributed by atoms with van der Waals surface area (Å²) in [5, 5.41) is 4.35. The van der Waals surface area contributed by atoms with E-state index in [1.165, 1.54) is 0 Å². The van der Waals surface area contributed by atoms with E-state index in [0.29, 0.717) is 11.3 Å². The van der Waals surface area contributed by atoms with Crippen LogP contribution in [0.15, 0.2) is 42.5 Å². The van der Waals surface area contributed by atoms with E-state index < -0.39 is 0 Å². The van der Waals surface area contributed by atoms with Crippen molar-refractivity contribution in [3.8, 4) is 0 Å². The summed E-state index contributed by atoms with van der Waals surface area (Å²) >= 11 is 0. The predicted molar refractivity (Wildman–Crippen MR) is 81.6 cm³/mol. The van der Waals surface area contributed by atoms with Gasteiger partial charge < -0.3 is 4.90 Å². The quantitative estimate of drug-likeness (QED) is 0.725. The number of carbonyl (C=O) groups is 1. The van der Waals surface area contributed by atoms with Crippen molar-refractivity contribution in [2.75, 3.05) is 11.9 Å². The van der Waals surface area contributed by atoms with Gasteiger partial charge in [0.05, 0.1) is 5.69 Å². The van der Waals surface area contributed by atoms with Crippen LogP contribution in [0, 0.1) is 13.8 Å². The first kappa shape index (κ1) is 13.3. The van der Waals surface area contributed by atoms with Crippen LogP contribution in [-0.4, -0.2) is 27.6 Å². The minimum Gasteiger partial charge on any atom is -0.310 e. The molecule has 0 saturated heterocycles. The topological polar surface area (TPSA) is 50.5 Å². The highest BCUT2D eigenvalue weighted by atomic mass is 16.2. The van der Waals surface area contributed by atoms with Crippen molar-refractivity contribution in [3.05, 3.63) is 59.5 Å². The standard InChI is InChI=1S/C16H16N4O/c1-11-9-15-17-14(10-12(2)20(15)18-11)16(21)19(3)13-7-5-4-6-8-13/h4-10H,1-3H3. The zero-order valence-electron chi connectivity index (χ0n) is 12.2. The monoisotopic (exact) mass is 280 g/mol. The summed E-state index contributed by atoms with van der Waals surface area (Å²) in [4.78, 5) is 18.6. The van der Waals surface area contributed by atoms with Crippen LogP contribution in [0.3, 0.4) is 0 Å². The third kappa shape index (κ3) is 2.38. The number of hydrogen-bond acceptors (Lipinski definition) is 3. The van der Waals surface area contributed by atoms with E-state index in [0.717, 1.165) is 17.1 Å². The Balaban J connectivity index is 2.02. The van der Waals surface area contributed by atoms with E-state index in [9.17, 15) is 4.79 Å². The number of aromatic nitrogens is 3. The van der Waals surface area contributed by atoms with Gasteiger partial charge in [-0.1, -0.05) is 18.2 Å². The number of carbonyl (C=O) groups excluding carboxylic acids is 1. The van der Waals surface area contributed by atoms with E-state index in [2.05, 4.69) is 10.1 Å². The maximum atomic E-state index is 12.6. The van der Waals surface area contributed by atoms with Crippen molar-refractivity contribution >= 4 is 17.2 Å². The molecule has 0 saturated carbocycles. The molecule has 0 N–H and O–H groups in total. The molecule has 2 heterocycles. The van der Waals surface area contributed by atoms with Gasteiger partial charge in [-0.2, -0.15) is 5.10 Å². The fourth-order valence-corrected chi connectivity index (χ4v) is 2.29. The molecule has 0 fully saturated rings. The first-order valence-electron chi connectivity index (χ1n) is 6.73. The molecule has 21 heavy (non-hydrogen) atoms.